The summed E-state index contributed by atoms with van der Waals surface area (Å²) >= 11 is 6.82. The number of aryl methyl sites for hydroxylation is 1. The molecular weight excluding hydrogens is 306 g/mol. The Kier molecular flexibility index (Phi) is 5.33. The van der Waals surface area contributed by atoms with Gasteiger partial charge in [-0.05, 0) is 43.9 Å². The molecule has 0 amide bonds. The smallest absolute Gasteiger partial charge is 0.180 e. The average molecular weight is 325 g/mol. The van der Waals surface area contributed by atoms with Crippen molar-refractivity contribution in [3.05, 3.63) is 32.7 Å². The minimum absolute atomic E-state index is 0.664. The van der Waals surface area contributed by atoms with Crippen LogP contribution in [0.4, 0.5) is 0 Å². The van der Waals surface area contributed by atoms with E-state index in [0.29, 0.717) is 6.67 Å². The van der Waals surface area contributed by atoms with Gasteiger partial charge in [-0.2, -0.15) is 5.10 Å². The second-order valence-corrected chi connectivity index (χ2v) is 6.56. The molecule has 0 atom stereocenters. The van der Waals surface area contributed by atoms with Crippen LogP contribution in [-0.4, -0.2) is 35.9 Å². The van der Waals surface area contributed by atoms with Crippen LogP contribution < -0.4 is 9.47 Å². The first-order valence-corrected chi connectivity index (χ1v) is 7.70. The summed E-state index contributed by atoms with van der Waals surface area (Å²) in [5.74, 6) is 1.48. The molecule has 5 nitrogen and oxygen atoms in total. The molecule has 1 aromatic carbocycles. The molecule has 0 fully saturated rings. The highest BCUT2D eigenvalue weighted by atomic mass is 32.1. The summed E-state index contributed by atoms with van der Waals surface area (Å²) in [6.07, 6.45) is 0. The molecule has 0 aliphatic carbocycles. The van der Waals surface area contributed by atoms with E-state index in [2.05, 4.69) is 10.00 Å². The second-order valence-electron chi connectivity index (χ2n) is 4.73. The Morgan fingerprint density at radius 2 is 2.00 bits per heavy atom. The second kappa shape index (κ2) is 7.02. The number of hydrogen-bond acceptors (Lipinski definition) is 6. The lowest BCUT2D eigenvalue weighted by atomic mass is 10.2. The molecule has 0 saturated heterocycles. The zero-order chi connectivity index (χ0) is 15.4. The lowest BCUT2D eigenvalue weighted by molar-refractivity contribution is 0.244. The molecule has 0 aliphatic rings. The Morgan fingerprint density at radius 3 is 2.57 bits per heavy atom. The first-order chi connectivity index (χ1) is 10.0. The molecule has 0 N–H and O–H groups in total. The summed E-state index contributed by atoms with van der Waals surface area (Å²) in [7, 11) is 5.31. The summed E-state index contributed by atoms with van der Waals surface area (Å²) in [5.41, 5.74) is 1.15. The third-order valence-electron chi connectivity index (χ3n) is 2.98. The minimum Gasteiger partial charge on any atom is -0.493 e. The third kappa shape index (κ3) is 4.03. The summed E-state index contributed by atoms with van der Waals surface area (Å²) in [6, 6.07) is 5.94. The zero-order valence-electron chi connectivity index (χ0n) is 12.6. The van der Waals surface area contributed by atoms with E-state index < -0.39 is 0 Å². The van der Waals surface area contributed by atoms with Gasteiger partial charge in [0.1, 0.15) is 5.01 Å². The molecule has 0 bridgehead atoms. The van der Waals surface area contributed by atoms with E-state index in [-0.39, 0.29) is 0 Å². The fourth-order valence-corrected chi connectivity index (χ4v) is 3.13. The highest BCUT2D eigenvalue weighted by molar-refractivity contribution is 7.73. The summed E-state index contributed by atoms with van der Waals surface area (Å²) in [5, 5.41) is 5.38. The highest BCUT2D eigenvalue weighted by Crippen LogP contribution is 2.27. The largest absolute Gasteiger partial charge is 0.493 e. The van der Waals surface area contributed by atoms with Gasteiger partial charge in [-0.3, -0.25) is 4.90 Å². The van der Waals surface area contributed by atoms with Crippen molar-refractivity contribution in [1.29, 1.82) is 0 Å². The van der Waals surface area contributed by atoms with E-state index in [1.807, 2.05) is 36.9 Å². The Labute approximate surface area is 133 Å². The van der Waals surface area contributed by atoms with Crippen LogP contribution in [0.1, 0.15) is 10.6 Å². The Hall–Kier alpha value is -1.44. The summed E-state index contributed by atoms with van der Waals surface area (Å²) in [4.78, 5) is 2.15. The molecule has 1 heterocycles. The van der Waals surface area contributed by atoms with E-state index in [4.69, 9.17) is 21.7 Å². The summed E-state index contributed by atoms with van der Waals surface area (Å²) < 4.78 is 13.2. The van der Waals surface area contributed by atoms with Crippen LogP contribution in [-0.2, 0) is 13.2 Å². The molecule has 0 radical (unpaired) electrons. The Bertz CT molecular complexity index is 666. The molecule has 0 saturated carbocycles. The highest BCUT2D eigenvalue weighted by Gasteiger charge is 2.08. The Balaban J connectivity index is 2.07. The van der Waals surface area contributed by atoms with Crippen molar-refractivity contribution < 1.29 is 9.47 Å². The van der Waals surface area contributed by atoms with Gasteiger partial charge in [0.2, 0.25) is 0 Å². The number of rotatable bonds is 6. The van der Waals surface area contributed by atoms with Crippen molar-refractivity contribution in [1.82, 2.24) is 14.7 Å². The first-order valence-electron chi connectivity index (χ1n) is 6.47. The fraction of sp³-hybridized carbons (Fsp3) is 0.429. The van der Waals surface area contributed by atoms with Crippen LogP contribution in [0.5, 0.6) is 11.5 Å². The van der Waals surface area contributed by atoms with Crippen molar-refractivity contribution in [3.8, 4) is 11.5 Å². The van der Waals surface area contributed by atoms with Gasteiger partial charge in [0, 0.05) is 6.54 Å². The first kappa shape index (κ1) is 15.9. The number of ether oxygens (including phenoxy) is 2. The zero-order valence-corrected chi connectivity index (χ0v) is 14.3. The van der Waals surface area contributed by atoms with Crippen LogP contribution in [0, 0.1) is 10.9 Å². The number of nitrogens with zero attached hydrogens (tertiary/aromatic N) is 3. The van der Waals surface area contributed by atoms with Crippen LogP contribution >= 0.6 is 23.6 Å². The number of aromatic nitrogens is 2. The van der Waals surface area contributed by atoms with Crippen molar-refractivity contribution in [3.63, 3.8) is 0 Å². The molecule has 114 valence electrons. The van der Waals surface area contributed by atoms with Crippen molar-refractivity contribution in [2.75, 3.05) is 21.3 Å². The predicted octanol–water partition coefficient (Wildman–Crippen LogP) is 3.09. The van der Waals surface area contributed by atoms with Gasteiger partial charge in [-0.15, -0.1) is 0 Å². The SMILES string of the molecule is COc1ccc(CN(C)Cn2nc(C)sc2=S)cc1OC. The quantitative estimate of drug-likeness (QED) is 0.763. The Morgan fingerprint density at radius 1 is 1.29 bits per heavy atom. The number of benzene rings is 1. The number of methoxy groups -OCH3 is 2. The van der Waals surface area contributed by atoms with Crippen molar-refractivity contribution >= 4 is 23.6 Å². The topological polar surface area (TPSA) is 39.5 Å². The van der Waals surface area contributed by atoms with Gasteiger partial charge in [0.15, 0.2) is 15.5 Å². The lowest BCUT2D eigenvalue weighted by Gasteiger charge is -2.17. The predicted molar refractivity (Wildman–Crippen MR) is 86.7 cm³/mol. The van der Waals surface area contributed by atoms with Gasteiger partial charge in [0.05, 0.1) is 20.9 Å². The van der Waals surface area contributed by atoms with Crippen LogP contribution in [0.15, 0.2) is 18.2 Å². The van der Waals surface area contributed by atoms with E-state index in [1.54, 1.807) is 14.2 Å². The van der Waals surface area contributed by atoms with E-state index in [0.717, 1.165) is 32.6 Å². The number of hydrogen-bond donors (Lipinski definition) is 0. The monoisotopic (exact) mass is 325 g/mol. The van der Waals surface area contributed by atoms with Gasteiger partial charge >= 0.3 is 0 Å². The van der Waals surface area contributed by atoms with Gasteiger partial charge in [0.25, 0.3) is 0 Å². The van der Waals surface area contributed by atoms with E-state index in [1.165, 1.54) is 11.3 Å². The molecule has 2 aromatic rings. The molecule has 21 heavy (non-hydrogen) atoms. The minimum atomic E-state index is 0.664. The average Bonchev–Trinajstić information content (AvgIpc) is 2.76. The molecule has 1 aromatic heterocycles. The maximum absolute atomic E-state index is 5.32. The molecule has 7 heteroatoms. The van der Waals surface area contributed by atoms with E-state index in [9.17, 15) is 0 Å². The van der Waals surface area contributed by atoms with E-state index >= 15 is 0 Å². The lowest BCUT2D eigenvalue weighted by Crippen LogP contribution is -2.22. The molecule has 0 spiro atoms. The van der Waals surface area contributed by atoms with Gasteiger partial charge < -0.3 is 9.47 Å². The molecular formula is C14H19N3O2S2. The normalized spacial score (nSPS) is 10.9. The standard InChI is InChI=1S/C14H19N3O2S2/c1-10-15-17(14(20)21-10)9-16(2)8-11-5-6-12(18-3)13(7-11)19-4/h5-7H,8-9H2,1-4H3. The van der Waals surface area contributed by atoms with Crippen molar-refractivity contribution in [2.45, 2.75) is 20.1 Å². The maximum Gasteiger partial charge on any atom is 0.180 e. The van der Waals surface area contributed by atoms with Crippen LogP contribution in [0.2, 0.25) is 0 Å². The van der Waals surface area contributed by atoms with Gasteiger partial charge in [-0.25, -0.2) is 4.68 Å². The third-order valence-corrected chi connectivity index (χ3v) is 4.21. The summed E-state index contributed by atoms with van der Waals surface area (Å²) in [6.45, 7) is 3.40. The maximum atomic E-state index is 5.32. The van der Waals surface area contributed by atoms with Gasteiger partial charge in [-0.1, -0.05) is 17.4 Å². The van der Waals surface area contributed by atoms with Crippen LogP contribution in [0.25, 0.3) is 0 Å². The van der Waals surface area contributed by atoms with Crippen molar-refractivity contribution in [2.24, 2.45) is 0 Å². The molecule has 2 rings (SSSR count). The fourth-order valence-electron chi connectivity index (χ4n) is 2.07. The van der Waals surface area contributed by atoms with Crippen LogP contribution in [0.3, 0.4) is 0 Å². The molecule has 0 aliphatic heterocycles. The molecule has 0 unspecified atom stereocenters.